The molecular formula is C15H21N3OS. The van der Waals surface area contributed by atoms with Crippen molar-refractivity contribution in [1.29, 1.82) is 0 Å². The van der Waals surface area contributed by atoms with E-state index in [1.807, 2.05) is 34.9 Å². The number of carbonyl (C=O) groups is 1. The summed E-state index contributed by atoms with van der Waals surface area (Å²) >= 11 is 1.93. The van der Waals surface area contributed by atoms with Crippen molar-refractivity contribution < 1.29 is 4.79 Å². The van der Waals surface area contributed by atoms with Crippen LogP contribution in [0.15, 0.2) is 30.3 Å². The molecular weight excluding hydrogens is 270 g/mol. The average Bonchev–Trinajstić information content (AvgIpc) is 2.97. The molecule has 0 radical (unpaired) electrons. The number of nitrogens with one attached hydrogen (secondary N) is 2. The van der Waals surface area contributed by atoms with Gasteiger partial charge in [-0.15, -0.1) is 0 Å². The highest BCUT2D eigenvalue weighted by Gasteiger charge is 2.32. The van der Waals surface area contributed by atoms with Gasteiger partial charge in [0.05, 0.1) is 6.04 Å². The van der Waals surface area contributed by atoms with Crippen LogP contribution in [-0.4, -0.2) is 54.0 Å². The predicted octanol–water partition coefficient (Wildman–Crippen LogP) is 1.40. The highest BCUT2D eigenvalue weighted by atomic mass is 32.2. The molecule has 1 amide bonds. The molecule has 20 heavy (non-hydrogen) atoms. The summed E-state index contributed by atoms with van der Waals surface area (Å²) in [5.41, 5.74) is 1.13. The fraction of sp³-hybridized carbons (Fsp3) is 0.533. The van der Waals surface area contributed by atoms with Gasteiger partial charge in [-0.2, -0.15) is 11.8 Å². The molecule has 1 aromatic rings. The maximum atomic E-state index is 12.4. The Balaban J connectivity index is 1.52. The highest BCUT2D eigenvalue weighted by molar-refractivity contribution is 7.99. The van der Waals surface area contributed by atoms with Gasteiger partial charge in [-0.3, -0.25) is 4.79 Å². The minimum atomic E-state index is -0.0145. The average molecular weight is 291 g/mol. The Morgan fingerprint density at radius 3 is 2.75 bits per heavy atom. The van der Waals surface area contributed by atoms with Crippen molar-refractivity contribution in [3.8, 4) is 0 Å². The topological polar surface area (TPSA) is 44.4 Å². The van der Waals surface area contributed by atoms with Crippen molar-refractivity contribution in [2.24, 2.45) is 0 Å². The quantitative estimate of drug-likeness (QED) is 0.884. The fourth-order valence-corrected chi connectivity index (χ4v) is 3.71. The highest BCUT2D eigenvalue weighted by Crippen LogP contribution is 2.17. The smallest absolute Gasteiger partial charge is 0.239 e. The molecule has 2 N–H and O–H groups in total. The third kappa shape index (κ3) is 3.27. The summed E-state index contributed by atoms with van der Waals surface area (Å²) in [6.45, 7) is 2.66. The van der Waals surface area contributed by atoms with Crippen molar-refractivity contribution in [3.63, 3.8) is 0 Å². The van der Waals surface area contributed by atoms with Crippen LogP contribution in [0.3, 0.4) is 0 Å². The molecule has 4 nitrogen and oxygen atoms in total. The molecule has 0 aromatic heterocycles. The van der Waals surface area contributed by atoms with Crippen LogP contribution in [0.1, 0.15) is 6.42 Å². The van der Waals surface area contributed by atoms with Gasteiger partial charge < -0.3 is 15.5 Å². The van der Waals surface area contributed by atoms with E-state index in [4.69, 9.17) is 0 Å². The summed E-state index contributed by atoms with van der Waals surface area (Å²) in [5.74, 6) is 2.43. The Bertz CT molecular complexity index is 448. The van der Waals surface area contributed by atoms with E-state index >= 15 is 0 Å². The van der Waals surface area contributed by atoms with E-state index in [9.17, 15) is 4.79 Å². The number of amides is 1. The molecule has 2 saturated heterocycles. The molecule has 1 aromatic carbocycles. The first-order valence-electron chi connectivity index (χ1n) is 7.24. The van der Waals surface area contributed by atoms with Gasteiger partial charge in [0, 0.05) is 42.9 Å². The Morgan fingerprint density at radius 1 is 1.25 bits per heavy atom. The van der Waals surface area contributed by atoms with Crippen molar-refractivity contribution in [3.05, 3.63) is 30.3 Å². The predicted molar refractivity (Wildman–Crippen MR) is 84.2 cm³/mol. The molecule has 108 valence electrons. The Morgan fingerprint density at radius 2 is 2.00 bits per heavy atom. The maximum Gasteiger partial charge on any atom is 0.239 e. The van der Waals surface area contributed by atoms with Gasteiger partial charge >= 0.3 is 0 Å². The molecule has 0 spiro atoms. The zero-order valence-electron chi connectivity index (χ0n) is 11.5. The van der Waals surface area contributed by atoms with Crippen LogP contribution >= 0.6 is 11.8 Å². The monoisotopic (exact) mass is 291 g/mol. The standard InChI is InChI=1S/C15H21N3OS/c19-15(18-6-8-20-9-7-18)14-10-13(11-16-14)17-12-4-2-1-3-5-12/h1-5,13-14,16-17H,6-11H2/t13-,14-/m0/s1. The van der Waals surface area contributed by atoms with E-state index in [1.165, 1.54) is 0 Å². The second kappa shape index (κ2) is 6.50. The number of hydrogen-bond donors (Lipinski definition) is 2. The van der Waals surface area contributed by atoms with Gasteiger partial charge in [0.1, 0.15) is 0 Å². The number of nitrogens with zero attached hydrogens (tertiary/aromatic N) is 1. The number of rotatable bonds is 3. The molecule has 2 aliphatic rings. The summed E-state index contributed by atoms with van der Waals surface area (Å²) in [6, 6.07) is 10.5. The number of para-hydroxylation sites is 1. The van der Waals surface area contributed by atoms with Crippen LogP contribution in [0.2, 0.25) is 0 Å². The minimum Gasteiger partial charge on any atom is -0.381 e. The third-order valence-corrected chi connectivity index (χ3v) is 4.84. The third-order valence-electron chi connectivity index (χ3n) is 3.90. The van der Waals surface area contributed by atoms with Crippen molar-refractivity contribution >= 4 is 23.4 Å². The minimum absolute atomic E-state index is 0.0145. The molecule has 0 saturated carbocycles. The van der Waals surface area contributed by atoms with Gasteiger partial charge in [-0.25, -0.2) is 0 Å². The van der Waals surface area contributed by atoms with Gasteiger partial charge in [0.25, 0.3) is 0 Å². The summed E-state index contributed by atoms with van der Waals surface area (Å²) in [5, 5.41) is 6.85. The molecule has 3 rings (SSSR count). The second-order valence-electron chi connectivity index (χ2n) is 5.34. The molecule has 2 atom stereocenters. The largest absolute Gasteiger partial charge is 0.381 e. The summed E-state index contributed by atoms with van der Waals surface area (Å²) in [4.78, 5) is 14.4. The van der Waals surface area contributed by atoms with E-state index in [-0.39, 0.29) is 11.9 Å². The molecule has 0 unspecified atom stereocenters. The van der Waals surface area contributed by atoms with Crippen LogP contribution in [-0.2, 0) is 4.79 Å². The Labute approximate surface area is 124 Å². The fourth-order valence-electron chi connectivity index (χ4n) is 2.81. The lowest BCUT2D eigenvalue weighted by Crippen LogP contribution is -2.46. The molecule has 0 bridgehead atoms. The zero-order chi connectivity index (χ0) is 13.8. The molecule has 2 heterocycles. The number of anilines is 1. The number of hydrogen-bond acceptors (Lipinski definition) is 4. The molecule has 5 heteroatoms. The first-order chi connectivity index (χ1) is 9.83. The number of thioether (sulfide) groups is 1. The number of benzene rings is 1. The normalized spacial score (nSPS) is 26.5. The molecule has 2 fully saturated rings. The molecule has 0 aliphatic carbocycles. The van der Waals surface area contributed by atoms with Crippen molar-refractivity contribution in [2.45, 2.75) is 18.5 Å². The summed E-state index contributed by atoms with van der Waals surface area (Å²) in [6.07, 6.45) is 0.872. The van der Waals surface area contributed by atoms with E-state index < -0.39 is 0 Å². The van der Waals surface area contributed by atoms with Crippen LogP contribution < -0.4 is 10.6 Å². The van der Waals surface area contributed by atoms with E-state index in [0.717, 1.165) is 43.2 Å². The van der Waals surface area contributed by atoms with Gasteiger partial charge in [0.2, 0.25) is 5.91 Å². The lowest BCUT2D eigenvalue weighted by atomic mass is 10.1. The van der Waals surface area contributed by atoms with Crippen LogP contribution in [0.4, 0.5) is 5.69 Å². The van der Waals surface area contributed by atoms with Crippen molar-refractivity contribution in [1.82, 2.24) is 10.2 Å². The zero-order valence-corrected chi connectivity index (χ0v) is 12.4. The number of carbonyl (C=O) groups excluding carboxylic acids is 1. The van der Waals surface area contributed by atoms with E-state index in [1.54, 1.807) is 0 Å². The van der Waals surface area contributed by atoms with Crippen molar-refractivity contribution in [2.75, 3.05) is 36.5 Å². The summed E-state index contributed by atoms with van der Waals surface area (Å²) in [7, 11) is 0. The first kappa shape index (κ1) is 13.8. The lowest BCUT2D eigenvalue weighted by Gasteiger charge is -2.28. The molecule has 2 aliphatic heterocycles. The van der Waals surface area contributed by atoms with Gasteiger partial charge in [-0.1, -0.05) is 18.2 Å². The van der Waals surface area contributed by atoms with Crippen LogP contribution in [0.5, 0.6) is 0 Å². The Hall–Kier alpha value is -1.20. The van der Waals surface area contributed by atoms with Gasteiger partial charge in [-0.05, 0) is 18.6 Å². The second-order valence-corrected chi connectivity index (χ2v) is 6.57. The lowest BCUT2D eigenvalue weighted by molar-refractivity contribution is -0.132. The first-order valence-corrected chi connectivity index (χ1v) is 8.40. The SMILES string of the molecule is O=C([C@@H]1C[C@H](Nc2ccccc2)CN1)N1CCSCC1. The van der Waals surface area contributed by atoms with Crippen LogP contribution in [0.25, 0.3) is 0 Å². The van der Waals surface area contributed by atoms with Crippen LogP contribution in [0, 0.1) is 0 Å². The van der Waals surface area contributed by atoms with E-state index in [2.05, 4.69) is 22.8 Å². The van der Waals surface area contributed by atoms with E-state index in [0.29, 0.717) is 6.04 Å². The maximum absolute atomic E-state index is 12.4. The summed E-state index contributed by atoms with van der Waals surface area (Å²) < 4.78 is 0. The van der Waals surface area contributed by atoms with Gasteiger partial charge in [0.15, 0.2) is 0 Å². The Kier molecular flexibility index (Phi) is 4.47.